The normalized spacial score (nSPS) is 22.0. The number of carbonyl (C=O) groups is 4. The van der Waals surface area contributed by atoms with Crippen molar-refractivity contribution in [3.63, 3.8) is 0 Å². The molecule has 0 radical (unpaired) electrons. The molecule has 0 bridgehead atoms. The van der Waals surface area contributed by atoms with Crippen LogP contribution in [-0.2, 0) is 19.1 Å². The lowest BCUT2D eigenvalue weighted by Gasteiger charge is -2.36. The highest BCUT2D eigenvalue weighted by atomic mass is 127. The van der Waals surface area contributed by atoms with E-state index in [0.717, 1.165) is 21.0 Å². The van der Waals surface area contributed by atoms with E-state index in [2.05, 4.69) is 5.32 Å². The number of nitrogens with zero attached hydrogens (tertiary/aromatic N) is 3. The van der Waals surface area contributed by atoms with E-state index < -0.39 is 45.6 Å². The van der Waals surface area contributed by atoms with Gasteiger partial charge in [-0.25, -0.2) is 10.6 Å². The molecule has 2 unspecified atom stereocenters. The number of amides is 4. The Bertz CT molecular complexity index is 1250. The van der Waals surface area contributed by atoms with Gasteiger partial charge in [-0.15, -0.1) is 0 Å². The molecule has 4 atom stereocenters. The van der Waals surface area contributed by atoms with Crippen LogP contribution in [0.5, 0.6) is 0 Å². The van der Waals surface area contributed by atoms with Crippen molar-refractivity contribution < 1.29 is 23.9 Å². The molecule has 0 saturated carbocycles. The first kappa shape index (κ1) is 32.7. The van der Waals surface area contributed by atoms with Gasteiger partial charge in [-0.3, -0.25) is 19.4 Å². The number of nitrogens with two attached hydrogens (primary N) is 2. The second kappa shape index (κ2) is 14.0. The minimum Gasteiger partial charge on any atom is -0.433 e. The van der Waals surface area contributed by atoms with Crippen molar-refractivity contribution in [2.24, 2.45) is 17.5 Å². The number of alkyl halides is 1. The smallest absolute Gasteiger partial charge is 0.411 e. The third-order valence-corrected chi connectivity index (χ3v) is 8.31. The summed E-state index contributed by atoms with van der Waals surface area (Å²) in [6, 6.07) is 17.0. The van der Waals surface area contributed by atoms with Gasteiger partial charge in [0.05, 0.1) is 6.04 Å². The van der Waals surface area contributed by atoms with Crippen LogP contribution in [0.25, 0.3) is 0 Å². The van der Waals surface area contributed by atoms with Crippen molar-refractivity contribution in [2.45, 2.75) is 67.3 Å². The zero-order valence-corrected chi connectivity index (χ0v) is 27.0. The first-order valence-electron chi connectivity index (χ1n) is 14.5. The number of benzene rings is 2. The van der Waals surface area contributed by atoms with Gasteiger partial charge in [-0.05, 0) is 79.8 Å². The molecular formula is C31H41IN6O5. The molecule has 5 N–H and O–H groups in total. The Hall–Kier alpha value is -3.23. The lowest BCUT2D eigenvalue weighted by Crippen LogP contribution is -2.61. The van der Waals surface area contributed by atoms with Crippen molar-refractivity contribution >= 4 is 46.4 Å². The molecule has 11 nitrogen and oxygen atoms in total. The SMILES string of the molecule is CN(CC(=O)N(N)[C@@H]1C(=O)N2C(CCC2C(=O)NC(c2ccccc2)c2ccccc2)CC[C@@H]1CN)C(=O)OC(C)(C)I. The van der Waals surface area contributed by atoms with E-state index in [-0.39, 0.29) is 25.0 Å². The second-order valence-corrected chi connectivity index (χ2v) is 14.3. The summed E-state index contributed by atoms with van der Waals surface area (Å²) in [5.41, 5.74) is 7.94. The van der Waals surface area contributed by atoms with Gasteiger partial charge in [-0.2, -0.15) is 0 Å². The van der Waals surface area contributed by atoms with E-state index in [1.54, 1.807) is 18.7 Å². The number of likely N-dealkylation sites (N-methyl/N-ethyl adjacent to an activating group) is 1. The highest BCUT2D eigenvalue weighted by Gasteiger charge is 2.49. The van der Waals surface area contributed by atoms with Crippen molar-refractivity contribution in [3.05, 3.63) is 71.8 Å². The third kappa shape index (κ3) is 7.84. The van der Waals surface area contributed by atoms with Gasteiger partial charge in [0.15, 0.2) is 3.61 Å². The highest BCUT2D eigenvalue weighted by molar-refractivity contribution is 14.1. The van der Waals surface area contributed by atoms with Gasteiger partial charge in [0.25, 0.3) is 5.91 Å². The van der Waals surface area contributed by atoms with E-state index in [9.17, 15) is 19.2 Å². The molecular weight excluding hydrogens is 663 g/mol. The van der Waals surface area contributed by atoms with E-state index in [4.69, 9.17) is 16.3 Å². The molecule has 43 heavy (non-hydrogen) atoms. The molecule has 2 aromatic carbocycles. The maximum Gasteiger partial charge on any atom is 0.411 e. The van der Waals surface area contributed by atoms with Crippen LogP contribution in [0.2, 0.25) is 0 Å². The van der Waals surface area contributed by atoms with Crippen molar-refractivity contribution in [2.75, 3.05) is 20.1 Å². The van der Waals surface area contributed by atoms with Gasteiger partial charge >= 0.3 is 6.09 Å². The maximum atomic E-state index is 14.2. The van der Waals surface area contributed by atoms with Crippen LogP contribution >= 0.6 is 22.6 Å². The maximum absolute atomic E-state index is 14.2. The van der Waals surface area contributed by atoms with Gasteiger partial charge < -0.3 is 25.6 Å². The Morgan fingerprint density at radius 2 is 1.58 bits per heavy atom. The van der Waals surface area contributed by atoms with Crippen molar-refractivity contribution in [1.82, 2.24) is 20.1 Å². The predicted molar refractivity (Wildman–Crippen MR) is 170 cm³/mol. The highest BCUT2D eigenvalue weighted by Crippen LogP contribution is 2.35. The molecule has 232 valence electrons. The van der Waals surface area contributed by atoms with Gasteiger partial charge in [0.2, 0.25) is 11.8 Å². The summed E-state index contributed by atoms with van der Waals surface area (Å²) in [6.07, 6.45) is 1.69. The fourth-order valence-corrected chi connectivity index (χ4v) is 6.14. The molecule has 2 fully saturated rings. The Kier molecular flexibility index (Phi) is 10.7. The average molecular weight is 705 g/mol. The second-order valence-electron chi connectivity index (χ2n) is 11.7. The van der Waals surface area contributed by atoms with Crippen LogP contribution < -0.4 is 16.9 Å². The monoisotopic (exact) mass is 704 g/mol. The van der Waals surface area contributed by atoms with Gasteiger partial charge in [-0.1, -0.05) is 60.7 Å². The fourth-order valence-electron chi connectivity index (χ4n) is 5.95. The molecule has 0 spiro atoms. The number of halogens is 1. The fraction of sp³-hybridized carbons (Fsp3) is 0.484. The number of rotatable bonds is 9. The number of nitrogens with one attached hydrogen (secondary N) is 1. The number of hydrazine groups is 1. The minimum atomic E-state index is -1.07. The van der Waals surface area contributed by atoms with Crippen LogP contribution in [0.3, 0.4) is 0 Å². The Balaban J connectivity index is 1.54. The van der Waals surface area contributed by atoms with Crippen LogP contribution in [0.1, 0.15) is 56.7 Å². The number of fused-ring (bicyclic) bond motifs is 1. The minimum absolute atomic E-state index is 0.139. The summed E-state index contributed by atoms with van der Waals surface area (Å²) in [5, 5.41) is 4.08. The number of carbonyl (C=O) groups excluding carboxylic acids is 4. The summed E-state index contributed by atoms with van der Waals surface area (Å²) in [7, 11) is 1.43. The number of ether oxygens (including phenoxy) is 1. The van der Waals surface area contributed by atoms with Crippen molar-refractivity contribution in [1.29, 1.82) is 0 Å². The molecule has 0 aliphatic carbocycles. The zero-order chi connectivity index (χ0) is 31.3. The largest absolute Gasteiger partial charge is 0.433 e. The quantitative estimate of drug-likeness (QED) is 0.119. The van der Waals surface area contributed by atoms with Crippen LogP contribution in [0, 0.1) is 5.92 Å². The summed E-state index contributed by atoms with van der Waals surface area (Å²) < 4.78 is 4.56. The first-order chi connectivity index (χ1) is 20.4. The predicted octanol–water partition coefficient (Wildman–Crippen LogP) is 2.93. The number of hydrogen-bond acceptors (Lipinski definition) is 7. The van der Waals surface area contributed by atoms with Crippen LogP contribution in [0.4, 0.5) is 4.79 Å². The third-order valence-electron chi connectivity index (χ3n) is 8.09. The average Bonchev–Trinajstić information content (AvgIpc) is 3.35. The molecule has 4 amide bonds. The van der Waals surface area contributed by atoms with E-state index in [1.165, 1.54) is 7.05 Å². The molecule has 2 saturated heterocycles. The zero-order valence-electron chi connectivity index (χ0n) is 24.8. The Labute approximate surface area is 266 Å². The summed E-state index contributed by atoms with van der Waals surface area (Å²) in [4.78, 5) is 56.6. The number of hydrogen-bond donors (Lipinski definition) is 3. The molecule has 2 heterocycles. The summed E-state index contributed by atoms with van der Waals surface area (Å²) in [6.45, 7) is 3.19. The van der Waals surface area contributed by atoms with Crippen LogP contribution in [-0.4, -0.2) is 80.5 Å². The molecule has 2 aromatic rings. The molecule has 0 aromatic heterocycles. The standard InChI is InChI=1S/C31H41IN6O5/c1-31(2,32)43-30(42)36(3)19-25(39)38(34)27-22(18-33)14-15-23-16-17-24(37(23)29(27)41)28(40)35-26(20-10-6-4-7-11-20)21-12-8-5-9-13-21/h4-13,22-24,26-27H,14-19,33-34H2,1-3H3,(H,35,40)/t22-,23?,24?,27+/m1/s1. The lowest BCUT2D eigenvalue weighted by molar-refractivity contribution is -0.151. The van der Waals surface area contributed by atoms with E-state index in [1.807, 2.05) is 83.3 Å². The molecule has 2 aliphatic heterocycles. The molecule has 12 heteroatoms. The van der Waals surface area contributed by atoms with Crippen LogP contribution in [0.15, 0.2) is 60.7 Å². The van der Waals surface area contributed by atoms with Gasteiger partial charge in [0.1, 0.15) is 18.6 Å². The Morgan fingerprint density at radius 3 is 2.12 bits per heavy atom. The summed E-state index contributed by atoms with van der Waals surface area (Å²) >= 11 is 1.97. The van der Waals surface area contributed by atoms with E-state index in [0.29, 0.717) is 25.7 Å². The molecule has 2 aliphatic rings. The van der Waals surface area contributed by atoms with Gasteiger partial charge in [0, 0.05) is 19.0 Å². The first-order valence-corrected chi connectivity index (χ1v) is 15.6. The Morgan fingerprint density at radius 1 is 1.02 bits per heavy atom. The van der Waals surface area contributed by atoms with Crippen molar-refractivity contribution in [3.8, 4) is 0 Å². The lowest BCUT2D eigenvalue weighted by atomic mass is 9.93. The summed E-state index contributed by atoms with van der Waals surface area (Å²) in [5.74, 6) is 4.63. The topological polar surface area (TPSA) is 151 Å². The molecule has 4 rings (SSSR count). The van der Waals surface area contributed by atoms with E-state index >= 15 is 0 Å².